The number of likely N-dealkylation sites (tertiary alicyclic amines) is 1. The minimum Gasteiger partial charge on any atom is -0.364 e. The first-order chi connectivity index (χ1) is 10.3. The normalized spacial score (nSPS) is 23.1. The minimum atomic E-state index is -2.98. The van der Waals surface area contributed by atoms with Gasteiger partial charge in [-0.25, -0.2) is 8.42 Å². The summed E-state index contributed by atoms with van der Waals surface area (Å²) < 4.78 is 27.3. The molecule has 2 atom stereocenters. The fourth-order valence-corrected chi connectivity index (χ4v) is 3.38. The lowest BCUT2D eigenvalue weighted by molar-refractivity contribution is 0.0916. The second-order valence-corrected chi connectivity index (χ2v) is 8.52. The predicted octanol–water partition coefficient (Wildman–Crippen LogP) is 0.405. The van der Waals surface area contributed by atoms with Crippen LogP contribution in [0.1, 0.15) is 24.3 Å². The van der Waals surface area contributed by atoms with Crippen molar-refractivity contribution in [2.75, 3.05) is 31.6 Å². The van der Waals surface area contributed by atoms with Crippen LogP contribution >= 0.6 is 0 Å². The van der Waals surface area contributed by atoms with E-state index in [1.807, 2.05) is 0 Å². The summed E-state index contributed by atoms with van der Waals surface area (Å²) in [4.78, 5) is 14.2. The number of hydrogen-bond donors (Lipinski definition) is 1. The largest absolute Gasteiger partial charge is 0.364 e. The van der Waals surface area contributed by atoms with Crippen molar-refractivity contribution in [1.82, 2.24) is 15.4 Å². The number of nitrogens with zero attached hydrogens (tertiary/aromatic N) is 2. The number of carbonyl (C=O) groups is 1. The molecule has 2 rings (SSSR count). The molecule has 0 unspecified atom stereocenters. The van der Waals surface area contributed by atoms with Crippen molar-refractivity contribution in [3.05, 3.63) is 18.0 Å². The summed E-state index contributed by atoms with van der Waals surface area (Å²) in [6.07, 6.45) is 2.61. The monoisotopic (exact) mass is 329 g/mol. The SMILES string of the molecule is CC(C)[C@H]1CN(CCS(C)(=O)=O)C[C@@H]1NC(=O)c1ccon1. The molecule has 1 aliphatic heterocycles. The van der Waals surface area contributed by atoms with Crippen molar-refractivity contribution in [3.63, 3.8) is 0 Å². The molecule has 2 heterocycles. The Balaban J connectivity index is 1.98. The standard InChI is InChI=1S/C14H23N3O4S/c1-10(2)11-8-17(5-7-22(3,19)20)9-13(11)15-14(18)12-4-6-21-16-12/h4,6,10-11,13H,5,7-9H2,1-3H3,(H,15,18)/t11-,13+/m1/s1. The second-order valence-electron chi connectivity index (χ2n) is 6.26. The van der Waals surface area contributed by atoms with Crippen LogP contribution in [0.4, 0.5) is 0 Å². The zero-order chi connectivity index (χ0) is 16.3. The molecule has 1 aliphatic rings. The Morgan fingerprint density at radius 2 is 2.23 bits per heavy atom. The van der Waals surface area contributed by atoms with Crippen LogP contribution in [0.2, 0.25) is 0 Å². The predicted molar refractivity (Wildman–Crippen MR) is 82.2 cm³/mol. The molecule has 0 spiro atoms. The summed E-state index contributed by atoms with van der Waals surface area (Å²) in [6.45, 7) is 6.16. The van der Waals surface area contributed by atoms with Crippen molar-refractivity contribution < 1.29 is 17.7 Å². The maximum atomic E-state index is 12.1. The summed E-state index contributed by atoms with van der Waals surface area (Å²) in [7, 11) is -2.98. The Bertz CT molecular complexity index is 598. The van der Waals surface area contributed by atoms with E-state index in [9.17, 15) is 13.2 Å². The van der Waals surface area contributed by atoms with E-state index in [4.69, 9.17) is 0 Å². The molecule has 1 amide bonds. The molecule has 1 saturated heterocycles. The molecule has 1 N–H and O–H groups in total. The number of amides is 1. The Labute approximate surface area is 131 Å². The van der Waals surface area contributed by atoms with Gasteiger partial charge in [0.1, 0.15) is 16.1 Å². The number of aromatic nitrogens is 1. The van der Waals surface area contributed by atoms with Gasteiger partial charge in [0.15, 0.2) is 5.69 Å². The first kappa shape index (κ1) is 17.0. The van der Waals surface area contributed by atoms with Gasteiger partial charge < -0.3 is 9.84 Å². The maximum absolute atomic E-state index is 12.1. The van der Waals surface area contributed by atoms with Gasteiger partial charge in [0, 0.05) is 38.0 Å². The summed E-state index contributed by atoms with van der Waals surface area (Å²) >= 11 is 0. The average Bonchev–Trinajstić information content (AvgIpc) is 3.04. The zero-order valence-electron chi connectivity index (χ0n) is 13.2. The van der Waals surface area contributed by atoms with Gasteiger partial charge in [-0.2, -0.15) is 0 Å². The van der Waals surface area contributed by atoms with E-state index in [2.05, 4.69) is 33.7 Å². The molecular formula is C14H23N3O4S. The summed E-state index contributed by atoms with van der Waals surface area (Å²) in [5, 5.41) is 6.62. The highest BCUT2D eigenvalue weighted by Gasteiger charge is 2.36. The van der Waals surface area contributed by atoms with E-state index < -0.39 is 9.84 Å². The van der Waals surface area contributed by atoms with Crippen LogP contribution in [0.5, 0.6) is 0 Å². The third kappa shape index (κ3) is 4.54. The lowest BCUT2D eigenvalue weighted by Crippen LogP contribution is -2.42. The molecule has 0 saturated carbocycles. The molecule has 1 aromatic heterocycles. The highest BCUT2D eigenvalue weighted by Crippen LogP contribution is 2.24. The highest BCUT2D eigenvalue weighted by molar-refractivity contribution is 7.90. The zero-order valence-corrected chi connectivity index (χ0v) is 14.0. The van der Waals surface area contributed by atoms with Gasteiger partial charge in [-0.3, -0.25) is 9.69 Å². The van der Waals surface area contributed by atoms with Crippen LogP contribution in [0.25, 0.3) is 0 Å². The van der Waals surface area contributed by atoms with Crippen LogP contribution < -0.4 is 5.32 Å². The average molecular weight is 329 g/mol. The smallest absolute Gasteiger partial charge is 0.273 e. The number of sulfone groups is 1. The molecule has 0 aromatic carbocycles. The third-order valence-corrected chi connectivity index (χ3v) is 4.99. The molecular weight excluding hydrogens is 306 g/mol. The van der Waals surface area contributed by atoms with Crippen LogP contribution in [-0.2, 0) is 9.84 Å². The number of hydrogen-bond acceptors (Lipinski definition) is 6. The van der Waals surface area contributed by atoms with Gasteiger partial charge in [0.2, 0.25) is 0 Å². The van der Waals surface area contributed by atoms with E-state index in [1.54, 1.807) is 0 Å². The molecule has 1 aromatic rings. The molecule has 0 aliphatic carbocycles. The second kappa shape index (κ2) is 6.78. The summed E-state index contributed by atoms with van der Waals surface area (Å²) in [5.41, 5.74) is 0.261. The molecule has 0 radical (unpaired) electrons. The van der Waals surface area contributed by atoms with E-state index in [0.29, 0.717) is 19.0 Å². The maximum Gasteiger partial charge on any atom is 0.273 e. The van der Waals surface area contributed by atoms with Gasteiger partial charge in [0.25, 0.3) is 5.91 Å². The van der Waals surface area contributed by atoms with Gasteiger partial charge >= 0.3 is 0 Å². The minimum absolute atomic E-state index is 0.0104. The van der Waals surface area contributed by atoms with E-state index >= 15 is 0 Å². The Morgan fingerprint density at radius 1 is 1.50 bits per heavy atom. The Morgan fingerprint density at radius 3 is 2.77 bits per heavy atom. The van der Waals surface area contributed by atoms with Crippen molar-refractivity contribution in [3.8, 4) is 0 Å². The van der Waals surface area contributed by atoms with Crippen molar-refractivity contribution >= 4 is 15.7 Å². The molecule has 1 fully saturated rings. The highest BCUT2D eigenvalue weighted by atomic mass is 32.2. The van der Waals surface area contributed by atoms with Gasteiger partial charge in [-0.05, 0) is 11.8 Å². The van der Waals surface area contributed by atoms with Crippen molar-refractivity contribution in [2.24, 2.45) is 11.8 Å². The quantitative estimate of drug-likeness (QED) is 0.812. The number of nitrogens with one attached hydrogen (secondary N) is 1. The fourth-order valence-electron chi connectivity index (χ4n) is 2.79. The summed E-state index contributed by atoms with van der Waals surface area (Å²) in [6, 6.07) is 1.51. The van der Waals surface area contributed by atoms with E-state index in [0.717, 1.165) is 6.54 Å². The Hall–Kier alpha value is -1.41. The molecule has 7 nitrogen and oxygen atoms in total. The summed E-state index contributed by atoms with van der Waals surface area (Å²) in [5.74, 6) is 0.567. The molecule has 124 valence electrons. The third-order valence-electron chi connectivity index (χ3n) is 4.06. The molecule has 0 bridgehead atoms. The Kier molecular flexibility index (Phi) is 5.23. The lowest BCUT2D eigenvalue weighted by Gasteiger charge is -2.22. The van der Waals surface area contributed by atoms with Crippen molar-refractivity contribution in [1.29, 1.82) is 0 Å². The number of carbonyl (C=O) groups excluding carboxylic acids is 1. The van der Waals surface area contributed by atoms with Gasteiger partial charge in [0.05, 0.1) is 5.75 Å². The van der Waals surface area contributed by atoms with Crippen LogP contribution in [-0.4, -0.2) is 62.1 Å². The van der Waals surface area contributed by atoms with Gasteiger partial charge in [-0.1, -0.05) is 19.0 Å². The lowest BCUT2D eigenvalue weighted by atomic mass is 9.91. The first-order valence-electron chi connectivity index (χ1n) is 7.37. The van der Waals surface area contributed by atoms with Gasteiger partial charge in [-0.15, -0.1) is 0 Å². The van der Waals surface area contributed by atoms with E-state index in [-0.39, 0.29) is 29.3 Å². The number of rotatable bonds is 6. The topological polar surface area (TPSA) is 92.5 Å². The van der Waals surface area contributed by atoms with E-state index in [1.165, 1.54) is 18.6 Å². The van der Waals surface area contributed by atoms with Crippen LogP contribution in [0.3, 0.4) is 0 Å². The molecule has 22 heavy (non-hydrogen) atoms. The molecule has 8 heteroatoms. The first-order valence-corrected chi connectivity index (χ1v) is 9.43. The fraction of sp³-hybridized carbons (Fsp3) is 0.714. The van der Waals surface area contributed by atoms with Crippen LogP contribution in [0, 0.1) is 11.8 Å². The van der Waals surface area contributed by atoms with Crippen LogP contribution in [0.15, 0.2) is 16.9 Å². The van der Waals surface area contributed by atoms with Crippen molar-refractivity contribution in [2.45, 2.75) is 19.9 Å².